The van der Waals surface area contributed by atoms with Gasteiger partial charge in [0.05, 0.1) is 29.8 Å². The van der Waals surface area contributed by atoms with Crippen molar-refractivity contribution < 1.29 is 27.9 Å². The Morgan fingerprint density at radius 3 is 2.60 bits per heavy atom. The third-order valence-electron chi connectivity index (χ3n) is 8.60. The third kappa shape index (κ3) is 4.53. The number of hydrogen-bond donors (Lipinski definition) is 2. The van der Waals surface area contributed by atoms with E-state index in [-0.39, 0.29) is 40.0 Å². The highest BCUT2D eigenvalue weighted by molar-refractivity contribution is 7.93. The van der Waals surface area contributed by atoms with Crippen LogP contribution in [0.2, 0.25) is 5.02 Å². The summed E-state index contributed by atoms with van der Waals surface area (Å²) in [5, 5.41) is 14.5. The zero-order valence-corrected chi connectivity index (χ0v) is 25.7. The second-order valence-electron chi connectivity index (χ2n) is 11.3. The van der Waals surface area contributed by atoms with Crippen molar-refractivity contribution in [3.8, 4) is 5.75 Å². The molecule has 226 valence electrons. The van der Waals surface area contributed by atoms with E-state index in [1.54, 1.807) is 61.5 Å². The van der Waals surface area contributed by atoms with Gasteiger partial charge in [-0.1, -0.05) is 35.9 Å². The number of rotatable bonds is 6. The summed E-state index contributed by atoms with van der Waals surface area (Å²) < 4.78 is 35.6. The number of likely N-dealkylation sites (N-methyl/N-ethyl adjacent to an activating group) is 1. The molecule has 3 aromatic carbocycles. The molecule has 1 fully saturated rings. The molecule has 0 spiro atoms. The third-order valence-corrected chi connectivity index (χ3v) is 10.5. The second kappa shape index (κ2) is 10.9. The van der Waals surface area contributed by atoms with Crippen LogP contribution in [0, 0.1) is 0 Å². The number of anilines is 1. The molecule has 2 amide bonds. The molecule has 0 saturated carbocycles. The van der Waals surface area contributed by atoms with E-state index in [1.165, 1.54) is 30.2 Å². The van der Waals surface area contributed by atoms with E-state index >= 15 is 4.79 Å². The number of β-amino-alcohol motifs (C(OH)–C–C–N with tert-alkyl or cyclic N) is 1. The van der Waals surface area contributed by atoms with Gasteiger partial charge < -0.3 is 20.1 Å². The quantitative estimate of drug-likeness (QED) is 0.430. The van der Waals surface area contributed by atoms with Crippen molar-refractivity contribution in [2.45, 2.75) is 42.0 Å². The van der Waals surface area contributed by atoms with E-state index < -0.39 is 33.6 Å². The normalized spacial score (nSPS) is 23.7. The van der Waals surface area contributed by atoms with Gasteiger partial charge in [-0.15, -0.1) is 0 Å². The number of hydrogen-bond acceptors (Lipinski definition) is 8. The first kappa shape index (κ1) is 29.6. The molecule has 3 aliphatic heterocycles. The van der Waals surface area contributed by atoms with Crippen LogP contribution >= 0.6 is 11.6 Å². The van der Waals surface area contributed by atoms with Crippen molar-refractivity contribution in [3.05, 3.63) is 87.9 Å². The predicted octanol–water partition coefficient (Wildman–Crippen LogP) is 2.50. The van der Waals surface area contributed by atoms with E-state index in [1.807, 2.05) is 0 Å². The Morgan fingerprint density at radius 1 is 1.09 bits per heavy atom. The topological polar surface area (TPSA) is 119 Å². The number of para-hydroxylation sites is 1. The number of sulfonamides is 1. The van der Waals surface area contributed by atoms with Crippen molar-refractivity contribution in [2.75, 3.05) is 38.6 Å². The molecule has 3 aromatic rings. The first-order valence-electron chi connectivity index (χ1n) is 14.0. The Morgan fingerprint density at radius 2 is 1.86 bits per heavy atom. The number of fused-ring (bicyclic) bond motifs is 2. The fourth-order valence-corrected chi connectivity index (χ4v) is 8.34. The number of aliphatic hydroxyl groups is 1. The molecule has 3 heterocycles. The number of carbonyl (C=O) groups is 2. The van der Waals surface area contributed by atoms with Crippen LogP contribution in [0.5, 0.6) is 5.75 Å². The smallest absolute Gasteiger partial charge is 0.271 e. The summed E-state index contributed by atoms with van der Waals surface area (Å²) in [5.41, 5.74) is 0.771. The molecule has 0 bridgehead atoms. The Labute approximate surface area is 255 Å². The van der Waals surface area contributed by atoms with Crippen molar-refractivity contribution in [1.82, 2.24) is 15.1 Å². The monoisotopic (exact) mass is 624 g/mol. The molecule has 0 aliphatic carbocycles. The largest absolute Gasteiger partial charge is 0.496 e. The van der Waals surface area contributed by atoms with Crippen LogP contribution in [0.3, 0.4) is 0 Å². The Hall–Kier alpha value is -3.48. The maximum absolute atomic E-state index is 15.2. The Balaban J connectivity index is 1.64. The molecule has 1 saturated heterocycles. The standard InChI is InChI=1S/C31H33ClN4O6S/c1-34(2)29(38)27-16-22(37)18-35(27)31(24-6-4-5-7-28(24)42-3)25-15-21(32)9-11-26(25)36(30(31)39)43(40,41)23-10-8-19-12-13-33-17-20(19)14-23/h4-11,14-15,22,27,33,37H,12-13,16-18H2,1-3H3/t22-,27+,31?/m1/s1. The molecular formula is C31H33ClN4O6S. The van der Waals surface area contributed by atoms with Gasteiger partial charge >= 0.3 is 0 Å². The van der Waals surface area contributed by atoms with Crippen molar-refractivity contribution in [1.29, 1.82) is 0 Å². The summed E-state index contributed by atoms with van der Waals surface area (Å²) in [6.45, 7) is 1.25. The van der Waals surface area contributed by atoms with Gasteiger partial charge in [-0.05, 0) is 66.9 Å². The van der Waals surface area contributed by atoms with Gasteiger partial charge in [0.25, 0.3) is 15.9 Å². The number of nitrogens with one attached hydrogen (secondary N) is 1. The van der Waals surface area contributed by atoms with Gasteiger partial charge in [-0.25, -0.2) is 12.7 Å². The van der Waals surface area contributed by atoms with E-state index in [0.29, 0.717) is 17.9 Å². The van der Waals surface area contributed by atoms with Crippen LogP contribution in [-0.2, 0) is 38.1 Å². The van der Waals surface area contributed by atoms with Crippen LogP contribution in [-0.4, -0.2) is 81.6 Å². The van der Waals surface area contributed by atoms with E-state index in [9.17, 15) is 18.3 Å². The van der Waals surface area contributed by atoms with Crippen molar-refractivity contribution in [2.24, 2.45) is 0 Å². The van der Waals surface area contributed by atoms with Crippen molar-refractivity contribution >= 4 is 39.1 Å². The highest BCUT2D eigenvalue weighted by Crippen LogP contribution is 2.55. The zero-order chi connectivity index (χ0) is 30.7. The highest BCUT2D eigenvalue weighted by atomic mass is 35.5. The molecule has 10 nitrogen and oxygen atoms in total. The van der Waals surface area contributed by atoms with Gasteiger partial charge in [0, 0.05) is 43.3 Å². The minimum Gasteiger partial charge on any atom is -0.496 e. The van der Waals surface area contributed by atoms with Crippen LogP contribution in [0.15, 0.2) is 65.6 Å². The van der Waals surface area contributed by atoms with Gasteiger partial charge in [0.2, 0.25) is 5.91 Å². The van der Waals surface area contributed by atoms with E-state index in [4.69, 9.17) is 16.3 Å². The lowest BCUT2D eigenvalue weighted by Crippen LogP contribution is -2.59. The van der Waals surface area contributed by atoms with Crippen LogP contribution < -0.4 is 14.4 Å². The summed E-state index contributed by atoms with van der Waals surface area (Å²) in [4.78, 5) is 31.8. The molecule has 3 atom stereocenters. The van der Waals surface area contributed by atoms with Gasteiger partial charge in [-0.3, -0.25) is 14.5 Å². The minimum absolute atomic E-state index is 0.0256. The Bertz CT molecular complexity index is 1730. The van der Waals surface area contributed by atoms with Crippen molar-refractivity contribution in [3.63, 3.8) is 0 Å². The minimum atomic E-state index is -4.46. The van der Waals surface area contributed by atoms with E-state index in [0.717, 1.165) is 28.4 Å². The highest BCUT2D eigenvalue weighted by Gasteiger charge is 2.63. The average molecular weight is 625 g/mol. The molecule has 12 heteroatoms. The second-order valence-corrected chi connectivity index (χ2v) is 13.5. The molecule has 0 radical (unpaired) electrons. The number of halogens is 1. The maximum atomic E-state index is 15.2. The first-order chi connectivity index (χ1) is 20.5. The number of ether oxygens (including phenoxy) is 1. The maximum Gasteiger partial charge on any atom is 0.271 e. The predicted molar refractivity (Wildman–Crippen MR) is 162 cm³/mol. The van der Waals surface area contributed by atoms with Crippen LogP contribution in [0.25, 0.3) is 0 Å². The molecule has 43 heavy (non-hydrogen) atoms. The van der Waals surface area contributed by atoms with E-state index in [2.05, 4.69) is 5.32 Å². The fraction of sp³-hybridized carbons (Fsp3) is 0.355. The number of methoxy groups -OCH3 is 1. The number of aliphatic hydroxyl groups excluding tert-OH is 1. The summed E-state index contributed by atoms with van der Waals surface area (Å²) in [6.07, 6.45) is -0.119. The zero-order valence-electron chi connectivity index (χ0n) is 24.1. The Kier molecular flexibility index (Phi) is 7.50. The molecule has 0 aromatic heterocycles. The molecule has 1 unspecified atom stereocenters. The first-order valence-corrected chi connectivity index (χ1v) is 15.9. The SMILES string of the molecule is COc1ccccc1C1(N2C[C@H](O)C[C@H]2C(=O)N(C)C)C(=O)N(S(=O)(=O)c2ccc3c(c2)CNCC3)c2ccc(Cl)cc21. The molecule has 6 rings (SSSR count). The van der Waals surface area contributed by atoms with Crippen LogP contribution in [0.1, 0.15) is 28.7 Å². The number of benzene rings is 3. The lowest BCUT2D eigenvalue weighted by molar-refractivity contribution is -0.138. The molecule has 3 aliphatic rings. The number of nitrogens with zero attached hydrogens (tertiary/aromatic N) is 3. The fourth-order valence-electron chi connectivity index (χ4n) is 6.66. The lowest BCUT2D eigenvalue weighted by Gasteiger charge is -2.42. The summed E-state index contributed by atoms with van der Waals surface area (Å²) in [6, 6.07) is 15.4. The van der Waals surface area contributed by atoms with Crippen LogP contribution in [0.4, 0.5) is 5.69 Å². The lowest BCUT2D eigenvalue weighted by atomic mass is 9.80. The summed E-state index contributed by atoms with van der Waals surface area (Å²) in [5.74, 6) is -0.820. The average Bonchev–Trinajstić information content (AvgIpc) is 3.51. The van der Waals surface area contributed by atoms with Gasteiger partial charge in [0.1, 0.15) is 5.75 Å². The summed E-state index contributed by atoms with van der Waals surface area (Å²) >= 11 is 6.54. The molecule has 2 N–H and O–H groups in total. The number of likely N-dealkylation sites (tertiary alicyclic amines) is 1. The molecular weight excluding hydrogens is 592 g/mol. The number of carbonyl (C=O) groups excluding carboxylic acids is 2. The summed E-state index contributed by atoms with van der Waals surface area (Å²) in [7, 11) is 0.207. The van der Waals surface area contributed by atoms with Gasteiger partial charge in [-0.2, -0.15) is 0 Å². The number of amides is 2. The van der Waals surface area contributed by atoms with Gasteiger partial charge in [0.15, 0.2) is 5.54 Å².